The van der Waals surface area contributed by atoms with Crippen molar-refractivity contribution in [3.63, 3.8) is 0 Å². The van der Waals surface area contributed by atoms with E-state index in [-0.39, 0.29) is 17.0 Å². The summed E-state index contributed by atoms with van der Waals surface area (Å²) in [5, 5.41) is 4.24. The number of hydrogen-bond donors (Lipinski definition) is 0. The molecule has 0 bridgehead atoms. The lowest BCUT2D eigenvalue weighted by atomic mass is 10.2. The molecule has 3 heterocycles. The summed E-state index contributed by atoms with van der Waals surface area (Å²) in [7, 11) is 2.64. The number of esters is 1. The molecule has 0 unspecified atom stereocenters. The molecule has 27 heavy (non-hydrogen) atoms. The van der Waals surface area contributed by atoms with E-state index in [1.807, 2.05) is 0 Å². The van der Waals surface area contributed by atoms with Crippen LogP contribution in [-0.2, 0) is 20.4 Å². The van der Waals surface area contributed by atoms with Crippen LogP contribution >= 0.6 is 11.3 Å². The molecule has 0 aromatic carbocycles. The lowest BCUT2D eigenvalue weighted by molar-refractivity contribution is -0.138. The first-order valence-electron chi connectivity index (χ1n) is 7.46. The molecule has 0 N–H and O–H groups in total. The SMILES string of the molecule is COC=C(C(=O)OC)c1sc2nc(-c3cncc(C(F)(F)F)c3)nn2c1C. The average Bonchev–Trinajstić information content (AvgIpc) is 3.18. The van der Waals surface area contributed by atoms with Gasteiger partial charge in [0.2, 0.25) is 4.96 Å². The predicted octanol–water partition coefficient (Wildman–Crippen LogP) is 3.34. The normalized spacial score (nSPS) is 12.4. The third kappa shape index (κ3) is 3.50. The van der Waals surface area contributed by atoms with Crippen LogP contribution in [0.4, 0.5) is 13.2 Å². The van der Waals surface area contributed by atoms with Gasteiger partial charge in [0.15, 0.2) is 5.82 Å². The fourth-order valence-corrected chi connectivity index (χ4v) is 3.41. The fraction of sp³-hybridized carbons (Fsp3) is 0.250. The second kappa shape index (κ2) is 6.99. The number of nitrogens with zero attached hydrogens (tertiary/aromatic N) is 4. The van der Waals surface area contributed by atoms with Crippen LogP contribution in [0.5, 0.6) is 0 Å². The van der Waals surface area contributed by atoms with Crippen molar-refractivity contribution in [2.24, 2.45) is 0 Å². The number of alkyl halides is 3. The highest BCUT2D eigenvalue weighted by Gasteiger charge is 2.31. The monoisotopic (exact) mass is 398 g/mol. The van der Waals surface area contributed by atoms with E-state index < -0.39 is 17.7 Å². The molecule has 142 valence electrons. The molecule has 0 aliphatic heterocycles. The van der Waals surface area contributed by atoms with Gasteiger partial charge in [0.05, 0.1) is 36.6 Å². The Kier molecular flexibility index (Phi) is 4.87. The summed E-state index contributed by atoms with van der Waals surface area (Å²) in [4.78, 5) is 20.8. The van der Waals surface area contributed by atoms with E-state index in [2.05, 4.69) is 15.1 Å². The number of fused-ring (bicyclic) bond motifs is 1. The Balaban J connectivity index is 2.06. The highest BCUT2D eigenvalue weighted by atomic mass is 32.1. The minimum atomic E-state index is -4.51. The predicted molar refractivity (Wildman–Crippen MR) is 90.8 cm³/mol. The maximum absolute atomic E-state index is 12.9. The van der Waals surface area contributed by atoms with Gasteiger partial charge in [-0.05, 0) is 13.0 Å². The number of halogens is 3. The summed E-state index contributed by atoms with van der Waals surface area (Å²) in [6.45, 7) is 1.70. The van der Waals surface area contributed by atoms with Crippen LogP contribution in [0.1, 0.15) is 16.1 Å². The van der Waals surface area contributed by atoms with Gasteiger partial charge >= 0.3 is 12.1 Å². The molecule has 3 aromatic rings. The van der Waals surface area contributed by atoms with E-state index in [1.54, 1.807) is 6.92 Å². The lowest BCUT2D eigenvalue weighted by Gasteiger charge is -2.06. The van der Waals surface area contributed by atoms with Crippen molar-refractivity contribution in [2.45, 2.75) is 13.1 Å². The summed E-state index contributed by atoms with van der Waals surface area (Å²) >= 11 is 1.14. The van der Waals surface area contributed by atoms with Crippen molar-refractivity contribution in [1.29, 1.82) is 0 Å². The lowest BCUT2D eigenvalue weighted by Crippen LogP contribution is -2.06. The maximum Gasteiger partial charge on any atom is 0.417 e. The largest absolute Gasteiger partial charge is 0.503 e. The smallest absolute Gasteiger partial charge is 0.417 e. The molecule has 7 nitrogen and oxygen atoms in total. The number of thiazole rings is 1. The van der Waals surface area contributed by atoms with Crippen molar-refractivity contribution in [2.75, 3.05) is 14.2 Å². The van der Waals surface area contributed by atoms with Gasteiger partial charge in [0.25, 0.3) is 0 Å². The Labute approximate surface area is 155 Å². The van der Waals surface area contributed by atoms with Crippen LogP contribution in [0, 0.1) is 6.92 Å². The van der Waals surface area contributed by atoms with Crippen molar-refractivity contribution >= 4 is 27.8 Å². The number of ether oxygens (including phenoxy) is 2. The zero-order valence-electron chi connectivity index (χ0n) is 14.4. The van der Waals surface area contributed by atoms with Crippen LogP contribution in [0.25, 0.3) is 21.9 Å². The molecule has 3 aromatic heterocycles. The summed E-state index contributed by atoms with van der Waals surface area (Å²) in [5.41, 5.74) is 0.0216. The quantitative estimate of drug-likeness (QED) is 0.381. The molecule has 0 saturated carbocycles. The topological polar surface area (TPSA) is 78.6 Å². The summed E-state index contributed by atoms with van der Waals surface area (Å²) < 4.78 is 49.7. The van der Waals surface area contributed by atoms with E-state index in [9.17, 15) is 18.0 Å². The summed E-state index contributed by atoms with van der Waals surface area (Å²) in [5.74, 6) is -0.489. The summed E-state index contributed by atoms with van der Waals surface area (Å²) in [6, 6.07) is 0.938. The minimum Gasteiger partial charge on any atom is -0.503 e. The number of hydrogen-bond acceptors (Lipinski definition) is 7. The van der Waals surface area contributed by atoms with E-state index in [0.717, 1.165) is 23.6 Å². The third-order valence-corrected chi connectivity index (χ3v) is 4.79. The number of rotatable bonds is 4. The molecule has 0 amide bonds. The molecule has 0 atom stereocenters. The Bertz CT molecular complexity index is 1040. The Morgan fingerprint density at radius 1 is 1.30 bits per heavy atom. The Morgan fingerprint density at radius 3 is 2.63 bits per heavy atom. The van der Waals surface area contributed by atoms with Gasteiger partial charge in [0.1, 0.15) is 5.57 Å². The van der Waals surface area contributed by atoms with E-state index in [4.69, 9.17) is 9.47 Å². The zero-order chi connectivity index (χ0) is 19.8. The van der Waals surface area contributed by atoms with Crippen LogP contribution < -0.4 is 0 Å². The van der Waals surface area contributed by atoms with Gasteiger partial charge in [-0.15, -0.1) is 5.10 Å². The zero-order valence-corrected chi connectivity index (χ0v) is 15.2. The average molecular weight is 398 g/mol. The second-order valence-electron chi connectivity index (χ2n) is 5.37. The van der Waals surface area contributed by atoms with Gasteiger partial charge in [-0.2, -0.15) is 18.2 Å². The molecule has 0 radical (unpaired) electrons. The fourth-order valence-electron chi connectivity index (χ4n) is 2.36. The summed E-state index contributed by atoms with van der Waals surface area (Å²) in [6.07, 6.45) is -1.26. The van der Waals surface area contributed by atoms with Crippen molar-refractivity contribution < 1.29 is 27.4 Å². The molecule has 0 aliphatic carbocycles. The van der Waals surface area contributed by atoms with Crippen LogP contribution in [0.3, 0.4) is 0 Å². The number of aromatic nitrogens is 4. The van der Waals surface area contributed by atoms with Crippen molar-refractivity contribution in [1.82, 2.24) is 19.6 Å². The maximum atomic E-state index is 12.9. The van der Waals surface area contributed by atoms with Crippen LogP contribution in [-0.4, -0.2) is 39.8 Å². The molecule has 3 rings (SSSR count). The minimum absolute atomic E-state index is 0.102. The van der Waals surface area contributed by atoms with Crippen LogP contribution in [0.15, 0.2) is 24.7 Å². The second-order valence-corrected chi connectivity index (χ2v) is 6.34. The molecule has 11 heteroatoms. The van der Waals surface area contributed by atoms with Gasteiger partial charge in [0, 0.05) is 18.0 Å². The van der Waals surface area contributed by atoms with Crippen LogP contribution in [0.2, 0.25) is 0 Å². The first-order valence-corrected chi connectivity index (χ1v) is 8.28. The first kappa shape index (κ1) is 18.8. The molecular weight excluding hydrogens is 385 g/mol. The molecular formula is C16H13F3N4O3S. The Hall–Kier alpha value is -2.95. The highest BCUT2D eigenvalue weighted by molar-refractivity contribution is 7.18. The van der Waals surface area contributed by atoms with Crippen molar-refractivity contribution in [3.8, 4) is 11.4 Å². The van der Waals surface area contributed by atoms with E-state index in [0.29, 0.717) is 15.5 Å². The molecule has 0 fully saturated rings. The molecule has 0 saturated heterocycles. The number of methoxy groups -OCH3 is 2. The van der Waals surface area contributed by atoms with Crippen molar-refractivity contribution in [3.05, 3.63) is 40.9 Å². The van der Waals surface area contributed by atoms with Gasteiger partial charge < -0.3 is 9.47 Å². The number of aryl methyl sites for hydroxylation is 1. The first-order chi connectivity index (χ1) is 12.8. The standard InChI is InChI=1S/C16H13F3N4O3S/c1-8-12(11(7-25-2)14(24)26-3)27-15-21-13(22-23(8)15)9-4-10(6-20-5-9)16(17,18)19/h4-7H,1-3H3. The Morgan fingerprint density at radius 2 is 2.04 bits per heavy atom. The van der Waals surface area contributed by atoms with E-state index in [1.165, 1.54) is 31.2 Å². The van der Waals surface area contributed by atoms with E-state index >= 15 is 0 Å². The molecule has 0 aliphatic rings. The number of carbonyl (C=O) groups is 1. The van der Waals surface area contributed by atoms with Gasteiger partial charge in [-0.1, -0.05) is 11.3 Å². The number of pyridine rings is 1. The highest BCUT2D eigenvalue weighted by Crippen LogP contribution is 2.33. The molecule has 0 spiro atoms. The van der Waals surface area contributed by atoms with Gasteiger partial charge in [-0.25, -0.2) is 9.31 Å². The third-order valence-electron chi connectivity index (χ3n) is 3.63. The number of carbonyl (C=O) groups excluding carboxylic acids is 1. The van der Waals surface area contributed by atoms with Gasteiger partial charge in [-0.3, -0.25) is 4.98 Å².